The third-order valence-corrected chi connectivity index (χ3v) is 1.88. The summed E-state index contributed by atoms with van der Waals surface area (Å²) in [6.45, 7) is 2.12. The van der Waals surface area contributed by atoms with Crippen molar-refractivity contribution in [2.24, 2.45) is 10.9 Å². The van der Waals surface area contributed by atoms with Crippen LogP contribution in [0.25, 0.3) is 0 Å². The lowest BCUT2D eigenvalue weighted by Crippen LogP contribution is -2.21. The first kappa shape index (κ1) is 5.71. The number of allylic oxidation sites excluding steroid dienone is 1. The molecule has 0 amide bonds. The summed E-state index contributed by atoms with van der Waals surface area (Å²) in [6.07, 6.45) is 7.19. The van der Waals surface area contributed by atoms with Crippen molar-refractivity contribution in [3.05, 3.63) is 24.0 Å². The Morgan fingerprint density at radius 1 is 1.70 bits per heavy atom. The summed E-state index contributed by atoms with van der Waals surface area (Å²) >= 11 is 0. The molecule has 0 aliphatic carbocycles. The molecule has 0 bridgehead atoms. The van der Waals surface area contributed by atoms with Gasteiger partial charge in [-0.3, -0.25) is 0 Å². The lowest BCUT2D eigenvalue weighted by molar-refractivity contribution is 0.817. The zero-order chi connectivity index (χ0) is 6.97. The monoisotopic (exact) mass is 134 g/mol. The standard InChI is InChI=1S/C8H10N2/c1-6-4-7-2-3-9-8(7)10-5-6/h2-3,5,7H,4H2,1H3,(H,9,10). The molecule has 0 saturated heterocycles. The molecule has 1 unspecified atom stereocenters. The Hall–Kier alpha value is -1.05. The van der Waals surface area contributed by atoms with Crippen LogP contribution < -0.4 is 5.32 Å². The second-order valence-electron chi connectivity index (χ2n) is 2.80. The molecule has 2 aliphatic heterocycles. The van der Waals surface area contributed by atoms with Crippen molar-refractivity contribution >= 4 is 5.84 Å². The third kappa shape index (κ3) is 0.764. The molecule has 1 N–H and O–H groups in total. The molecular formula is C8H10N2. The first-order valence-corrected chi connectivity index (χ1v) is 3.53. The van der Waals surface area contributed by atoms with Gasteiger partial charge in [-0.15, -0.1) is 0 Å². The van der Waals surface area contributed by atoms with Gasteiger partial charge in [-0.2, -0.15) is 0 Å². The van der Waals surface area contributed by atoms with Crippen molar-refractivity contribution in [2.45, 2.75) is 13.3 Å². The Bertz CT molecular complexity index is 236. The lowest BCUT2D eigenvalue weighted by Gasteiger charge is -2.13. The summed E-state index contributed by atoms with van der Waals surface area (Å²) in [5, 5.41) is 3.10. The van der Waals surface area contributed by atoms with E-state index in [9.17, 15) is 0 Å². The number of hydrogen-bond acceptors (Lipinski definition) is 2. The fraction of sp³-hybridized carbons (Fsp3) is 0.375. The maximum Gasteiger partial charge on any atom is 0.113 e. The zero-order valence-electron chi connectivity index (χ0n) is 5.96. The molecule has 2 heteroatoms. The fourth-order valence-corrected chi connectivity index (χ4v) is 1.32. The molecule has 0 fully saturated rings. The van der Waals surface area contributed by atoms with Crippen molar-refractivity contribution in [3.63, 3.8) is 0 Å². The predicted molar refractivity (Wildman–Crippen MR) is 41.6 cm³/mol. The summed E-state index contributed by atoms with van der Waals surface area (Å²) in [6, 6.07) is 0. The maximum absolute atomic E-state index is 4.25. The molecule has 0 radical (unpaired) electrons. The van der Waals surface area contributed by atoms with Gasteiger partial charge in [0.2, 0.25) is 0 Å². The second-order valence-corrected chi connectivity index (χ2v) is 2.80. The lowest BCUT2D eigenvalue weighted by atomic mass is 9.99. The van der Waals surface area contributed by atoms with Gasteiger partial charge in [0.1, 0.15) is 5.84 Å². The van der Waals surface area contributed by atoms with E-state index in [-0.39, 0.29) is 0 Å². The van der Waals surface area contributed by atoms with Crippen molar-refractivity contribution in [2.75, 3.05) is 0 Å². The number of aliphatic imine (C=N–C) groups is 1. The first-order chi connectivity index (χ1) is 4.86. The van der Waals surface area contributed by atoms with Crippen LogP contribution in [0.2, 0.25) is 0 Å². The molecule has 52 valence electrons. The van der Waals surface area contributed by atoms with Gasteiger partial charge >= 0.3 is 0 Å². The van der Waals surface area contributed by atoms with Crippen molar-refractivity contribution in [1.29, 1.82) is 0 Å². The van der Waals surface area contributed by atoms with E-state index < -0.39 is 0 Å². The summed E-state index contributed by atoms with van der Waals surface area (Å²) < 4.78 is 0. The van der Waals surface area contributed by atoms with E-state index in [1.165, 1.54) is 5.57 Å². The predicted octanol–water partition coefficient (Wildman–Crippen LogP) is 1.43. The number of rotatable bonds is 0. The van der Waals surface area contributed by atoms with Gasteiger partial charge in [-0.25, -0.2) is 4.99 Å². The van der Waals surface area contributed by atoms with Crippen LogP contribution in [0.5, 0.6) is 0 Å². The van der Waals surface area contributed by atoms with E-state index in [0.717, 1.165) is 12.3 Å². The highest BCUT2D eigenvalue weighted by Crippen LogP contribution is 2.21. The van der Waals surface area contributed by atoms with Crippen molar-refractivity contribution in [1.82, 2.24) is 5.32 Å². The Balaban J connectivity index is 2.28. The van der Waals surface area contributed by atoms with Gasteiger partial charge in [-0.05, 0) is 19.5 Å². The quantitative estimate of drug-likeness (QED) is 0.532. The normalized spacial score (nSPS) is 28.7. The molecule has 2 aliphatic rings. The Morgan fingerprint density at radius 3 is 3.50 bits per heavy atom. The minimum atomic E-state index is 0.532. The molecule has 0 spiro atoms. The molecule has 0 saturated carbocycles. The summed E-state index contributed by atoms with van der Waals surface area (Å²) in [5.41, 5.74) is 1.36. The minimum Gasteiger partial charge on any atom is -0.350 e. The molecule has 1 atom stereocenters. The Kier molecular flexibility index (Phi) is 1.13. The van der Waals surface area contributed by atoms with E-state index in [1.54, 1.807) is 0 Å². The minimum absolute atomic E-state index is 0.532. The SMILES string of the molecule is CC1=CN=C2NC=CC2C1. The van der Waals surface area contributed by atoms with Crippen LogP contribution in [0.4, 0.5) is 0 Å². The van der Waals surface area contributed by atoms with Gasteiger partial charge in [-0.1, -0.05) is 11.6 Å². The van der Waals surface area contributed by atoms with E-state index in [1.807, 2.05) is 12.4 Å². The fourth-order valence-electron chi connectivity index (χ4n) is 1.32. The molecule has 0 aromatic rings. The van der Waals surface area contributed by atoms with Crippen molar-refractivity contribution < 1.29 is 0 Å². The number of nitrogens with one attached hydrogen (secondary N) is 1. The van der Waals surface area contributed by atoms with Crippen LogP contribution in [-0.4, -0.2) is 5.84 Å². The molecule has 2 heterocycles. The van der Waals surface area contributed by atoms with E-state index >= 15 is 0 Å². The van der Waals surface area contributed by atoms with Crippen LogP contribution in [0.1, 0.15) is 13.3 Å². The van der Waals surface area contributed by atoms with E-state index in [2.05, 4.69) is 23.3 Å². The largest absolute Gasteiger partial charge is 0.350 e. The summed E-state index contributed by atoms with van der Waals surface area (Å²) in [7, 11) is 0. The van der Waals surface area contributed by atoms with E-state index in [0.29, 0.717) is 5.92 Å². The second kappa shape index (κ2) is 1.97. The van der Waals surface area contributed by atoms with Crippen molar-refractivity contribution in [3.8, 4) is 0 Å². The van der Waals surface area contributed by atoms with E-state index in [4.69, 9.17) is 0 Å². The van der Waals surface area contributed by atoms with Crippen LogP contribution >= 0.6 is 0 Å². The summed E-state index contributed by atoms with van der Waals surface area (Å²) in [5.74, 6) is 1.63. The highest BCUT2D eigenvalue weighted by atomic mass is 15.0. The zero-order valence-corrected chi connectivity index (χ0v) is 5.96. The Morgan fingerprint density at radius 2 is 2.60 bits per heavy atom. The third-order valence-electron chi connectivity index (χ3n) is 1.88. The molecular weight excluding hydrogens is 124 g/mol. The van der Waals surface area contributed by atoms with Gasteiger partial charge in [0, 0.05) is 12.1 Å². The smallest absolute Gasteiger partial charge is 0.113 e. The van der Waals surface area contributed by atoms with Crippen LogP contribution in [-0.2, 0) is 0 Å². The molecule has 2 rings (SSSR count). The highest BCUT2D eigenvalue weighted by molar-refractivity contribution is 5.90. The average Bonchev–Trinajstić information content (AvgIpc) is 2.33. The molecule has 0 aromatic carbocycles. The number of amidine groups is 1. The number of hydrogen-bond donors (Lipinski definition) is 1. The number of nitrogens with zero attached hydrogens (tertiary/aromatic N) is 1. The van der Waals surface area contributed by atoms with Crippen LogP contribution in [0.3, 0.4) is 0 Å². The van der Waals surface area contributed by atoms with Gasteiger partial charge in [0.15, 0.2) is 0 Å². The van der Waals surface area contributed by atoms with Gasteiger partial charge in [0.25, 0.3) is 0 Å². The maximum atomic E-state index is 4.25. The van der Waals surface area contributed by atoms with Gasteiger partial charge in [0.05, 0.1) is 0 Å². The number of fused-ring (bicyclic) bond motifs is 1. The molecule has 10 heavy (non-hydrogen) atoms. The highest BCUT2D eigenvalue weighted by Gasteiger charge is 2.19. The summed E-state index contributed by atoms with van der Waals surface area (Å²) in [4.78, 5) is 4.25. The molecule has 0 aromatic heterocycles. The van der Waals surface area contributed by atoms with Gasteiger partial charge < -0.3 is 5.32 Å². The molecule has 2 nitrogen and oxygen atoms in total. The first-order valence-electron chi connectivity index (χ1n) is 3.53. The Labute approximate surface area is 60.3 Å². The van der Waals surface area contributed by atoms with Crippen LogP contribution in [0, 0.1) is 5.92 Å². The topological polar surface area (TPSA) is 24.4 Å². The van der Waals surface area contributed by atoms with Crippen LogP contribution in [0.15, 0.2) is 29.0 Å². The average molecular weight is 134 g/mol.